The van der Waals surface area contributed by atoms with E-state index in [1.54, 1.807) is 17.9 Å². The highest BCUT2D eigenvalue weighted by Gasteiger charge is 2.33. The number of carbonyl (C=O) groups excluding carboxylic acids is 1. The quantitative estimate of drug-likeness (QED) is 0.642. The molecule has 1 fully saturated rings. The van der Waals surface area contributed by atoms with Crippen LogP contribution in [0, 0.1) is 11.3 Å². The molecule has 0 spiro atoms. The van der Waals surface area contributed by atoms with Gasteiger partial charge in [-0.1, -0.05) is 19.6 Å². The van der Waals surface area contributed by atoms with Crippen LogP contribution in [0.5, 0.6) is 0 Å². The number of allylic oxidation sites excluding steroid dienone is 4. The molecular formula is C24H34N6O. The van der Waals surface area contributed by atoms with Crippen LogP contribution in [0.25, 0.3) is 0 Å². The summed E-state index contributed by atoms with van der Waals surface area (Å²) in [4.78, 5) is 26.1. The predicted octanol–water partition coefficient (Wildman–Crippen LogP) is 3.42. The third-order valence-electron chi connectivity index (χ3n) is 6.01. The molecule has 1 unspecified atom stereocenters. The van der Waals surface area contributed by atoms with Crippen LogP contribution in [0.3, 0.4) is 0 Å². The van der Waals surface area contributed by atoms with Crippen LogP contribution in [0.2, 0.25) is 0 Å². The normalized spacial score (nSPS) is 23.7. The zero-order chi connectivity index (χ0) is 22.7. The number of nitrogens with zero attached hydrogens (tertiary/aromatic N) is 4. The minimum Gasteiger partial charge on any atom is -0.397 e. The van der Waals surface area contributed by atoms with E-state index in [9.17, 15) is 4.79 Å². The lowest BCUT2D eigenvalue weighted by Crippen LogP contribution is -2.44. The third kappa shape index (κ3) is 5.28. The van der Waals surface area contributed by atoms with Crippen LogP contribution in [0.1, 0.15) is 46.5 Å². The first-order valence-electron chi connectivity index (χ1n) is 11.0. The summed E-state index contributed by atoms with van der Waals surface area (Å²) in [5.41, 5.74) is 10.3. The first-order chi connectivity index (χ1) is 14.7. The van der Waals surface area contributed by atoms with Gasteiger partial charge in [-0.2, -0.15) is 0 Å². The number of hydrogen-bond donors (Lipinski definition) is 2. The molecule has 0 radical (unpaired) electrons. The van der Waals surface area contributed by atoms with Crippen molar-refractivity contribution in [3.63, 3.8) is 0 Å². The first-order valence-corrected chi connectivity index (χ1v) is 11.0. The molecular weight excluding hydrogens is 388 g/mol. The average Bonchev–Trinajstić information content (AvgIpc) is 2.72. The Hall–Kier alpha value is -2.80. The molecule has 1 saturated heterocycles. The second kappa shape index (κ2) is 9.56. The Morgan fingerprint density at radius 3 is 2.71 bits per heavy atom. The van der Waals surface area contributed by atoms with Crippen LogP contribution in [-0.2, 0) is 4.79 Å². The maximum absolute atomic E-state index is 13.0. The molecule has 0 aromatic carbocycles. The number of amidine groups is 1. The fourth-order valence-corrected chi connectivity index (χ4v) is 4.23. The largest absolute Gasteiger partial charge is 0.397 e. The molecule has 0 aliphatic carbocycles. The molecule has 31 heavy (non-hydrogen) atoms. The Balaban J connectivity index is 1.81. The van der Waals surface area contributed by atoms with Gasteiger partial charge in [-0.15, -0.1) is 0 Å². The molecule has 0 aromatic rings. The van der Waals surface area contributed by atoms with Crippen molar-refractivity contribution in [2.24, 2.45) is 21.6 Å². The van der Waals surface area contributed by atoms with E-state index in [4.69, 9.17) is 16.1 Å². The highest BCUT2D eigenvalue weighted by Crippen LogP contribution is 2.31. The molecule has 1 atom stereocenters. The lowest BCUT2D eigenvalue weighted by molar-refractivity contribution is -0.126. The Labute approximate surface area is 185 Å². The topological polar surface area (TPSA) is 98.1 Å². The summed E-state index contributed by atoms with van der Waals surface area (Å²) in [5, 5.41) is 8.49. The maximum Gasteiger partial charge on any atom is 0.234 e. The van der Waals surface area contributed by atoms with E-state index in [0.717, 1.165) is 31.5 Å². The minimum absolute atomic E-state index is 0.0316. The van der Waals surface area contributed by atoms with Gasteiger partial charge >= 0.3 is 0 Å². The number of carbonyl (C=O) groups is 1. The van der Waals surface area contributed by atoms with Crippen LogP contribution in [0.15, 0.2) is 57.5 Å². The van der Waals surface area contributed by atoms with Crippen molar-refractivity contribution in [3.05, 3.63) is 47.5 Å². The maximum atomic E-state index is 13.0. The van der Waals surface area contributed by atoms with E-state index < -0.39 is 6.04 Å². The molecule has 1 amide bonds. The van der Waals surface area contributed by atoms with Gasteiger partial charge in [0, 0.05) is 11.9 Å². The van der Waals surface area contributed by atoms with Gasteiger partial charge in [-0.25, -0.2) is 0 Å². The van der Waals surface area contributed by atoms with Crippen LogP contribution >= 0.6 is 0 Å². The van der Waals surface area contributed by atoms with Gasteiger partial charge in [0.15, 0.2) is 0 Å². The number of likely N-dealkylation sites (tertiary alicyclic amines) is 1. The molecule has 0 aromatic heterocycles. The van der Waals surface area contributed by atoms with Crippen molar-refractivity contribution in [1.82, 2.24) is 9.80 Å². The smallest absolute Gasteiger partial charge is 0.234 e. The van der Waals surface area contributed by atoms with Gasteiger partial charge in [0.2, 0.25) is 5.91 Å². The van der Waals surface area contributed by atoms with E-state index in [-0.39, 0.29) is 18.0 Å². The lowest BCUT2D eigenvalue weighted by Gasteiger charge is -2.35. The second-order valence-electron chi connectivity index (χ2n) is 8.67. The van der Waals surface area contributed by atoms with Gasteiger partial charge in [0.1, 0.15) is 11.9 Å². The van der Waals surface area contributed by atoms with Gasteiger partial charge < -0.3 is 16.0 Å². The number of amides is 1. The van der Waals surface area contributed by atoms with Crippen molar-refractivity contribution in [1.29, 1.82) is 5.41 Å². The van der Waals surface area contributed by atoms with E-state index in [1.165, 1.54) is 5.57 Å². The van der Waals surface area contributed by atoms with Crippen molar-refractivity contribution >= 4 is 23.2 Å². The average molecular weight is 423 g/mol. The summed E-state index contributed by atoms with van der Waals surface area (Å²) in [6, 6.07) is -0.540. The number of rotatable bonds is 6. The number of nitrogens with two attached hydrogens (primary N) is 1. The van der Waals surface area contributed by atoms with E-state index in [0.29, 0.717) is 35.3 Å². The van der Waals surface area contributed by atoms with E-state index in [2.05, 4.69) is 29.6 Å². The predicted molar refractivity (Wildman–Crippen MR) is 127 cm³/mol. The van der Waals surface area contributed by atoms with Gasteiger partial charge in [-0.3, -0.25) is 19.7 Å². The van der Waals surface area contributed by atoms with E-state index >= 15 is 0 Å². The Bertz CT molecular complexity index is 928. The molecule has 3 N–H and O–H groups in total. The molecule has 166 valence electrons. The van der Waals surface area contributed by atoms with Gasteiger partial charge in [0.05, 0.1) is 23.5 Å². The molecule has 3 aliphatic heterocycles. The summed E-state index contributed by atoms with van der Waals surface area (Å²) in [6.45, 7) is 11.7. The number of aliphatic imine (C=N–C) groups is 2. The summed E-state index contributed by atoms with van der Waals surface area (Å²) in [5.74, 6) is 1.08. The van der Waals surface area contributed by atoms with Crippen LogP contribution < -0.4 is 5.73 Å². The molecule has 0 bridgehead atoms. The van der Waals surface area contributed by atoms with Crippen molar-refractivity contribution in [3.8, 4) is 0 Å². The molecule has 3 heterocycles. The van der Waals surface area contributed by atoms with Crippen LogP contribution in [0.4, 0.5) is 0 Å². The van der Waals surface area contributed by atoms with E-state index in [1.807, 2.05) is 20.0 Å². The molecule has 3 aliphatic rings. The molecule has 7 heteroatoms. The SMILES string of the molecule is C=C(C)/N=C(CC)\C(N)=C\C(=N)C1CC(=O)N2C=C(C3CCN(C)CC3)C=C(C)C2=N1. The number of nitrogens with one attached hydrogen (secondary N) is 1. The Kier molecular flexibility index (Phi) is 7.05. The monoisotopic (exact) mass is 422 g/mol. The molecule has 3 rings (SSSR count). The van der Waals surface area contributed by atoms with Crippen molar-refractivity contribution in [2.45, 2.75) is 52.5 Å². The summed E-state index contributed by atoms with van der Waals surface area (Å²) < 4.78 is 0. The number of piperidine rings is 1. The zero-order valence-electron chi connectivity index (χ0n) is 19.1. The molecule has 0 saturated carbocycles. The third-order valence-corrected chi connectivity index (χ3v) is 6.01. The summed E-state index contributed by atoms with van der Waals surface area (Å²) in [7, 11) is 2.15. The van der Waals surface area contributed by atoms with Crippen LogP contribution in [-0.4, -0.2) is 59.1 Å². The highest BCUT2D eigenvalue weighted by molar-refractivity contribution is 6.15. The Morgan fingerprint density at radius 2 is 2.10 bits per heavy atom. The summed E-state index contributed by atoms with van der Waals surface area (Å²) >= 11 is 0. The van der Waals surface area contributed by atoms with Crippen molar-refractivity contribution in [2.75, 3.05) is 20.1 Å². The summed E-state index contributed by atoms with van der Waals surface area (Å²) in [6.07, 6.45) is 8.69. The zero-order valence-corrected chi connectivity index (χ0v) is 19.1. The second-order valence-corrected chi connectivity index (χ2v) is 8.67. The fraction of sp³-hybridized carbons (Fsp3) is 0.500. The van der Waals surface area contributed by atoms with Gasteiger partial charge in [-0.05, 0) is 76.4 Å². The standard InChI is InChI=1S/C24H34N6O/c1-6-21(27-15(2)3)19(25)12-20(26)22-13-23(31)30-14-18(11-16(4)24(30)28-22)17-7-9-29(5)10-8-17/h11-12,14,17,22,26H,2,6-10,13,25H2,1,3-5H3/b19-12-,26-20?,27-21-. The first kappa shape index (κ1) is 22.9. The number of hydrogen-bond acceptors (Lipinski definition) is 6. The van der Waals surface area contributed by atoms with Crippen molar-refractivity contribution < 1.29 is 4.79 Å². The fourth-order valence-electron chi connectivity index (χ4n) is 4.23. The van der Waals surface area contributed by atoms with Gasteiger partial charge in [0.25, 0.3) is 0 Å². The highest BCUT2D eigenvalue weighted by atomic mass is 16.2. The Morgan fingerprint density at radius 1 is 1.42 bits per heavy atom. The lowest BCUT2D eigenvalue weighted by atomic mass is 9.87. The number of fused-ring (bicyclic) bond motifs is 1. The molecule has 7 nitrogen and oxygen atoms in total. The minimum atomic E-state index is -0.540.